The minimum atomic E-state index is -3.69. The minimum Gasteiger partial charge on any atom is -0.398 e. The van der Waals surface area contributed by atoms with E-state index in [4.69, 9.17) is 22.4 Å². The highest BCUT2D eigenvalue weighted by atomic mass is 35.5. The van der Waals surface area contributed by atoms with Crippen LogP contribution < -0.4 is 10.5 Å². The number of rotatable bonds is 4. The van der Waals surface area contributed by atoms with Crippen LogP contribution in [0.15, 0.2) is 17.0 Å². The van der Waals surface area contributed by atoms with E-state index in [1.54, 1.807) is 6.92 Å². The van der Waals surface area contributed by atoms with Crippen LogP contribution in [0.5, 0.6) is 0 Å². The molecule has 0 bridgehead atoms. The summed E-state index contributed by atoms with van der Waals surface area (Å²) >= 11 is 5.87. The lowest BCUT2D eigenvalue weighted by Gasteiger charge is -2.10. The van der Waals surface area contributed by atoms with Gasteiger partial charge in [0.1, 0.15) is 0 Å². The summed E-state index contributed by atoms with van der Waals surface area (Å²) in [4.78, 5) is -0.00810. The fourth-order valence-electron chi connectivity index (χ4n) is 1.14. The Hall–Kier alpha value is -0.820. The number of benzene rings is 1. The molecule has 0 unspecified atom stereocenters. The van der Waals surface area contributed by atoms with E-state index in [0.717, 1.165) is 0 Å². The molecular formula is C10H15ClN2O3S. The van der Waals surface area contributed by atoms with Gasteiger partial charge in [0.25, 0.3) is 0 Å². The average molecular weight is 279 g/mol. The van der Waals surface area contributed by atoms with Crippen LogP contribution in [0.3, 0.4) is 0 Å². The Morgan fingerprint density at radius 3 is 2.59 bits per heavy atom. The first-order chi connectivity index (χ1) is 7.74. The van der Waals surface area contributed by atoms with Crippen LogP contribution >= 0.6 is 11.6 Å². The van der Waals surface area contributed by atoms with Gasteiger partial charge in [0.2, 0.25) is 10.0 Å². The predicted octanol–water partition coefficient (Wildman–Crippen LogP) is 0.890. The first kappa shape index (κ1) is 14.2. The first-order valence-corrected chi connectivity index (χ1v) is 6.83. The van der Waals surface area contributed by atoms with Gasteiger partial charge in [-0.15, -0.1) is 0 Å². The van der Waals surface area contributed by atoms with Gasteiger partial charge in [-0.05, 0) is 31.5 Å². The lowest BCUT2D eigenvalue weighted by molar-refractivity contribution is 0.198. The molecule has 0 radical (unpaired) electrons. The molecule has 1 rings (SSSR count). The van der Waals surface area contributed by atoms with Crippen molar-refractivity contribution in [2.45, 2.75) is 24.8 Å². The molecule has 0 aliphatic carbocycles. The number of aliphatic hydroxyl groups is 1. The number of hydrogen-bond acceptors (Lipinski definition) is 4. The summed E-state index contributed by atoms with van der Waals surface area (Å²) in [5.41, 5.74) is 6.60. The Labute approximate surface area is 106 Å². The normalized spacial score (nSPS) is 13.6. The third kappa shape index (κ3) is 3.57. The van der Waals surface area contributed by atoms with Gasteiger partial charge in [0, 0.05) is 17.3 Å². The van der Waals surface area contributed by atoms with Crippen molar-refractivity contribution in [1.29, 1.82) is 0 Å². The molecule has 0 fully saturated rings. The van der Waals surface area contributed by atoms with Gasteiger partial charge in [-0.1, -0.05) is 11.6 Å². The lowest BCUT2D eigenvalue weighted by atomic mass is 10.2. The Morgan fingerprint density at radius 2 is 2.12 bits per heavy atom. The molecule has 5 nitrogen and oxygen atoms in total. The molecule has 1 aromatic rings. The molecule has 0 heterocycles. The molecule has 4 N–H and O–H groups in total. The van der Waals surface area contributed by atoms with Gasteiger partial charge in [0.15, 0.2) is 0 Å². The van der Waals surface area contributed by atoms with Crippen LogP contribution in [-0.2, 0) is 10.0 Å². The molecule has 7 heteroatoms. The van der Waals surface area contributed by atoms with Crippen molar-refractivity contribution in [2.24, 2.45) is 0 Å². The number of anilines is 1. The van der Waals surface area contributed by atoms with Crippen molar-refractivity contribution < 1.29 is 13.5 Å². The molecule has 0 spiro atoms. The van der Waals surface area contributed by atoms with Crippen molar-refractivity contribution in [3.05, 3.63) is 22.7 Å². The second-order valence-electron chi connectivity index (χ2n) is 3.82. The van der Waals surface area contributed by atoms with E-state index in [9.17, 15) is 8.42 Å². The monoisotopic (exact) mass is 278 g/mol. The molecule has 0 saturated heterocycles. The number of aliphatic hydroxyl groups excluding tert-OH is 1. The van der Waals surface area contributed by atoms with Gasteiger partial charge in [-0.25, -0.2) is 13.1 Å². The zero-order valence-electron chi connectivity index (χ0n) is 9.57. The molecule has 0 amide bonds. The van der Waals surface area contributed by atoms with Gasteiger partial charge >= 0.3 is 0 Å². The van der Waals surface area contributed by atoms with Crippen LogP contribution in [0.1, 0.15) is 12.5 Å². The molecule has 0 aliphatic rings. The highest BCUT2D eigenvalue weighted by molar-refractivity contribution is 7.89. The van der Waals surface area contributed by atoms with Crippen molar-refractivity contribution in [2.75, 3.05) is 12.3 Å². The van der Waals surface area contributed by atoms with E-state index in [1.807, 2.05) is 0 Å². The molecule has 0 aromatic heterocycles. The Bertz CT molecular complexity index is 491. The average Bonchev–Trinajstić information content (AvgIpc) is 2.22. The second kappa shape index (κ2) is 5.22. The minimum absolute atomic E-state index is 0.00810. The Balaban J connectivity index is 3.08. The molecule has 1 aromatic carbocycles. The SMILES string of the molecule is Cc1c(N)cc(S(=O)(=O)NC[C@@H](C)O)cc1Cl. The van der Waals surface area contributed by atoms with E-state index in [1.165, 1.54) is 19.1 Å². The van der Waals surface area contributed by atoms with Crippen LogP contribution in [0.2, 0.25) is 5.02 Å². The quantitative estimate of drug-likeness (QED) is 0.713. The molecule has 17 heavy (non-hydrogen) atoms. The van der Waals surface area contributed by atoms with E-state index in [2.05, 4.69) is 4.72 Å². The fourth-order valence-corrected chi connectivity index (χ4v) is 2.62. The zero-order valence-corrected chi connectivity index (χ0v) is 11.1. The number of nitrogens with two attached hydrogens (primary N) is 1. The standard InChI is InChI=1S/C10H15ClN2O3S/c1-6(14)5-13-17(15,16)8-3-9(11)7(2)10(12)4-8/h3-4,6,13-14H,5,12H2,1-2H3/t6-/m1/s1. The summed E-state index contributed by atoms with van der Waals surface area (Å²) in [6.07, 6.45) is -0.761. The van der Waals surface area contributed by atoms with Gasteiger partial charge in [-0.2, -0.15) is 0 Å². The van der Waals surface area contributed by atoms with Crippen molar-refractivity contribution in [1.82, 2.24) is 4.72 Å². The maximum atomic E-state index is 11.8. The second-order valence-corrected chi connectivity index (χ2v) is 5.99. The van der Waals surface area contributed by atoms with Gasteiger partial charge < -0.3 is 10.8 Å². The summed E-state index contributed by atoms with van der Waals surface area (Å²) < 4.78 is 25.9. The number of hydrogen-bond donors (Lipinski definition) is 3. The summed E-state index contributed by atoms with van der Waals surface area (Å²) in [5.74, 6) is 0. The van der Waals surface area contributed by atoms with E-state index < -0.39 is 16.1 Å². The smallest absolute Gasteiger partial charge is 0.240 e. The number of nitrogen functional groups attached to an aromatic ring is 1. The van der Waals surface area contributed by atoms with E-state index >= 15 is 0 Å². The topological polar surface area (TPSA) is 92.4 Å². The van der Waals surface area contributed by atoms with E-state index in [0.29, 0.717) is 16.3 Å². The third-order valence-electron chi connectivity index (χ3n) is 2.24. The van der Waals surface area contributed by atoms with Crippen molar-refractivity contribution in [3.8, 4) is 0 Å². The highest BCUT2D eigenvalue weighted by Crippen LogP contribution is 2.25. The maximum absolute atomic E-state index is 11.8. The number of nitrogens with one attached hydrogen (secondary N) is 1. The van der Waals surface area contributed by atoms with Crippen LogP contribution in [0.4, 0.5) is 5.69 Å². The molecular weight excluding hydrogens is 264 g/mol. The van der Waals surface area contributed by atoms with Crippen LogP contribution in [-0.4, -0.2) is 26.2 Å². The summed E-state index contributed by atoms with van der Waals surface area (Å²) in [6, 6.07) is 2.67. The molecule has 0 saturated carbocycles. The largest absolute Gasteiger partial charge is 0.398 e. The molecule has 1 atom stereocenters. The number of halogens is 1. The first-order valence-electron chi connectivity index (χ1n) is 4.97. The van der Waals surface area contributed by atoms with Gasteiger partial charge in [-0.3, -0.25) is 0 Å². The van der Waals surface area contributed by atoms with Crippen molar-refractivity contribution >= 4 is 27.3 Å². The summed E-state index contributed by atoms with van der Waals surface area (Å²) in [7, 11) is -3.69. The van der Waals surface area contributed by atoms with Crippen LogP contribution in [0, 0.1) is 6.92 Å². The third-order valence-corrected chi connectivity index (χ3v) is 4.03. The zero-order chi connectivity index (χ0) is 13.2. The Kier molecular flexibility index (Phi) is 4.37. The predicted molar refractivity (Wildman–Crippen MR) is 67.5 cm³/mol. The number of sulfonamides is 1. The fraction of sp³-hybridized carbons (Fsp3) is 0.400. The molecule has 96 valence electrons. The highest BCUT2D eigenvalue weighted by Gasteiger charge is 2.17. The van der Waals surface area contributed by atoms with Crippen LogP contribution in [0.25, 0.3) is 0 Å². The van der Waals surface area contributed by atoms with Gasteiger partial charge in [0.05, 0.1) is 11.0 Å². The van der Waals surface area contributed by atoms with E-state index in [-0.39, 0.29) is 11.4 Å². The van der Waals surface area contributed by atoms with Crippen molar-refractivity contribution in [3.63, 3.8) is 0 Å². The Morgan fingerprint density at radius 1 is 1.53 bits per heavy atom. The summed E-state index contributed by atoms with van der Waals surface area (Å²) in [5, 5.41) is 9.33. The molecule has 0 aliphatic heterocycles. The lowest BCUT2D eigenvalue weighted by Crippen LogP contribution is -2.30. The maximum Gasteiger partial charge on any atom is 0.240 e. The summed E-state index contributed by atoms with van der Waals surface area (Å²) in [6.45, 7) is 3.13.